The Hall–Kier alpha value is -1.52. The smallest absolute Gasteiger partial charge is 0.481 e. The summed E-state index contributed by atoms with van der Waals surface area (Å²) in [5.74, 6) is 1.58. The lowest BCUT2D eigenvalue weighted by atomic mass is 9.47. The van der Waals surface area contributed by atoms with E-state index in [1.807, 2.05) is 0 Å². The maximum Gasteiger partial charge on any atom is 0.508 e. The molecule has 3 fully saturated rings. The largest absolute Gasteiger partial charge is 0.508 e. The van der Waals surface area contributed by atoms with Crippen LogP contribution in [0.15, 0.2) is 11.6 Å². The van der Waals surface area contributed by atoms with E-state index in [2.05, 4.69) is 26.8 Å². The Kier molecular flexibility index (Phi) is 5.69. The Morgan fingerprint density at radius 3 is 2.67 bits per heavy atom. The van der Waals surface area contributed by atoms with E-state index in [-0.39, 0.29) is 18.1 Å². The minimum atomic E-state index is -0.974. The predicted octanol–water partition coefficient (Wildman–Crippen LogP) is 5.83. The summed E-state index contributed by atoms with van der Waals surface area (Å²) in [7, 11) is 0. The summed E-state index contributed by atoms with van der Waals surface area (Å²) in [5, 5.41) is 8.92. The topological polar surface area (TPSA) is 72.8 Å². The van der Waals surface area contributed by atoms with E-state index in [1.165, 1.54) is 44.6 Å². The minimum absolute atomic E-state index is 0.149. The number of allylic oxidation sites excluding steroid dienone is 1. The van der Waals surface area contributed by atoms with Crippen LogP contribution in [0.3, 0.4) is 0 Å². The van der Waals surface area contributed by atoms with Crippen LogP contribution in [0.4, 0.5) is 4.79 Å². The number of carboxylic acid groups (broad SMARTS) is 1. The predicted molar refractivity (Wildman–Crippen MR) is 114 cm³/mol. The van der Waals surface area contributed by atoms with E-state index >= 15 is 0 Å². The molecule has 0 amide bonds. The molecule has 5 heteroatoms. The van der Waals surface area contributed by atoms with Crippen LogP contribution >= 0.6 is 0 Å². The molecule has 0 aliphatic heterocycles. The molecule has 1 N–H and O–H groups in total. The molecule has 0 saturated heterocycles. The summed E-state index contributed by atoms with van der Waals surface area (Å²) in [6.45, 7) is 8.84. The van der Waals surface area contributed by atoms with E-state index < -0.39 is 18.0 Å². The lowest BCUT2D eigenvalue weighted by Gasteiger charge is -2.58. The van der Waals surface area contributed by atoms with Gasteiger partial charge >= 0.3 is 12.1 Å². The molecule has 0 aromatic rings. The first-order valence-corrected chi connectivity index (χ1v) is 11.9. The zero-order chi connectivity index (χ0) is 21.7. The number of hydrogen-bond donors (Lipinski definition) is 1. The second-order valence-electron chi connectivity index (χ2n) is 11.1. The Bertz CT molecular complexity index is 729. The average Bonchev–Trinajstić information content (AvgIpc) is 3.01. The van der Waals surface area contributed by atoms with Crippen LogP contribution < -0.4 is 0 Å². The van der Waals surface area contributed by atoms with Gasteiger partial charge in [-0.1, -0.05) is 32.4 Å². The Labute approximate surface area is 180 Å². The van der Waals surface area contributed by atoms with E-state index in [9.17, 15) is 9.59 Å². The summed E-state index contributed by atoms with van der Waals surface area (Å²) in [4.78, 5) is 22.9. The number of carboxylic acids is 1. The van der Waals surface area contributed by atoms with Gasteiger partial charge in [0.1, 0.15) is 12.7 Å². The monoisotopic (exact) mass is 418 g/mol. The molecule has 0 bridgehead atoms. The molecule has 0 heterocycles. The second kappa shape index (κ2) is 7.87. The molecule has 168 valence electrons. The third-order valence-electron chi connectivity index (χ3n) is 9.67. The van der Waals surface area contributed by atoms with E-state index in [0.29, 0.717) is 5.41 Å². The lowest BCUT2D eigenvalue weighted by Crippen LogP contribution is -2.50. The van der Waals surface area contributed by atoms with Crippen molar-refractivity contribution in [2.75, 3.05) is 6.61 Å². The van der Waals surface area contributed by atoms with Crippen molar-refractivity contribution in [3.05, 3.63) is 11.6 Å². The van der Waals surface area contributed by atoms with Crippen molar-refractivity contribution in [2.24, 2.45) is 40.4 Å². The third kappa shape index (κ3) is 3.56. The number of carbonyl (C=O) groups is 2. The van der Waals surface area contributed by atoms with Gasteiger partial charge in [-0.15, -0.1) is 0 Å². The molecule has 1 unspecified atom stereocenters. The van der Waals surface area contributed by atoms with Crippen LogP contribution in [0.1, 0.15) is 79.1 Å². The molecule has 0 aromatic carbocycles. The van der Waals surface area contributed by atoms with Crippen molar-refractivity contribution >= 4 is 12.1 Å². The first-order valence-electron chi connectivity index (χ1n) is 11.9. The van der Waals surface area contributed by atoms with Gasteiger partial charge in [-0.2, -0.15) is 0 Å². The van der Waals surface area contributed by atoms with Gasteiger partial charge in [0.25, 0.3) is 0 Å². The molecule has 30 heavy (non-hydrogen) atoms. The maximum atomic E-state index is 12.0. The highest BCUT2D eigenvalue weighted by molar-refractivity contribution is 5.70. The van der Waals surface area contributed by atoms with Crippen molar-refractivity contribution in [3.8, 4) is 0 Å². The van der Waals surface area contributed by atoms with Crippen LogP contribution in [0.25, 0.3) is 0 Å². The second-order valence-corrected chi connectivity index (χ2v) is 11.1. The van der Waals surface area contributed by atoms with Gasteiger partial charge < -0.3 is 14.6 Å². The molecular formula is C25H38O5. The molecule has 5 nitrogen and oxygen atoms in total. The zero-order valence-electron chi connectivity index (χ0n) is 19.0. The van der Waals surface area contributed by atoms with Gasteiger partial charge in [0.2, 0.25) is 0 Å². The molecule has 0 aromatic heterocycles. The quantitative estimate of drug-likeness (QED) is 0.459. The molecule has 4 aliphatic rings. The van der Waals surface area contributed by atoms with Crippen molar-refractivity contribution in [1.29, 1.82) is 0 Å². The fourth-order valence-electron chi connectivity index (χ4n) is 7.43. The summed E-state index contributed by atoms with van der Waals surface area (Å²) in [6, 6.07) is 0. The van der Waals surface area contributed by atoms with E-state index in [4.69, 9.17) is 14.6 Å². The summed E-state index contributed by atoms with van der Waals surface area (Å²) < 4.78 is 10.6. The van der Waals surface area contributed by atoms with E-state index in [0.717, 1.165) is 42.9 Å². The highest BCUT2D eigenvalue weighted by Crippen LogP contribution is 2.66. The van der Waals surface area contributed by atoms with Gasteiger partial charge in [-0.3, -0.25) is 4.79 Å². The van der Waals surface area contributed by atoms with Crippen molar-refractivity contribution in [3.63, 3.8) is 0 Å². The molecule has 8 atom stereocenters. The number of rotatable bonds is 4. The molecule has 0 spiro atoms. The third-order valence-corrected chi connectivity index (χ3v) is 9.67. The summed E-state index contributed by atoms with van der Waals surface area (Å²) in [6.07, 6.45) is 10.9. The van der Waals surface area contributed by atoms with Crippen LogP contribution in [-0.4, -0.2) is 29.9 Å². The van der Waals surface area contributed by atoms with Crippen LogP contribution in [0.2, 0.25) is 0 Å². The van der Waals surface area contributed by atoms with E-state index in [1.54, 1.807) is 0 Å². The van der Waals surface area contributed by atoms with Crippen LogP contribution in [0.5, 0.6) is 0 Å². The van der Waals surface area contributed by atoms with Gasteiger partial charge in [0, 0.05) is 6.42 Å². The number of ether oxygens (including phenoxy) is 2. The van der Waals surface area contributed by atoms with Crippen molar-refractivity contribution in [2.45, 2.75) is 85.2 Å². The summed E-state index contributed by atoms with van der Waals surface area (Å²) in [5.41, 5.74) is 2.24. The minimum Gasteiger partial charge on any atom is -0.481 e. The van der Waals surface area contributed by atoms with Crippen LogP contribution in [0, 0.1) is 40.4 Å². The fourth-order valence-corrected chi connectivity index (χ4v) is 7.43. The maximum absolute atomic E-state index is 12.0. The standard InChI is InChI=1S/C25H38O5/c1-15(22(26)27)14-29-23(28)30-18-9-11-25(4)17(13-18)6-7-19-20-8-5-16(2)24(20,3)12-10-21(19)25/h6,15-16,18-21H,5,7-14H2,1-4H3,(H,26,27)/t15-,16+,18?,19+,20+,21+,24-,25+/m0/s1. The summed E-state index contributed by atoms with van der Waals surface area (Å²) >= 11 is 0. The van der Waals surface area contributed by atoms with Gasteiger partial charge in [-0.25, -0.2) is 4.79 Å². The van der Waals surface area contributed by atoms with Gasteiger partial charge in [0.15, 0.2) is 0 Å². The number of aliphatic carboxylic acids is 1. The number of carbonyl (C=O) groups excluding carboxylic acids is 1. The van der Waals surface area contributed by atoms with Gasteiger partial charge in [0.05, 0.1) is 5.92 Å². The van der Waals surface area contributed by atoms with Crippen molar-refractivity contribution < 1.29 is 24.2 Å². The van der Waals surface area contributed by atoms with Crippen molar-refractivity contribution in [1.82, 2.24) is 0 Å². The molecule has 3 saturated carbocycles. The van der Waals surface area contributed by atoms with Crippen LogP contribution in [-0.2, 0) is 14.3 Å². The zero-order valence-corrected chi connectivity index (χ0v) is 19.0. The normalized spacial score (nSPS) is 43.5. The molecule has 4 rings (SSSR count). The number of hydrogen-bond acceptors (Lipinski definition) is 4. The Morgan fingerprint density at radius 2 is 1.93 bits per heavy atom. The SMILES string of the molecule is C[C@@H]1CC[C@@H]2[C@H]3CC=C4CC(OC(=O)OC[C@H](C)C(=O)O)CC[C@@]4(C)[C@@H]3CC[C@@]12C. The Balaban J connectivity index is 1.40. The first-order chi connectivity index (χ1) is 14.1. The average molecular weight is 419 g/mol. The first kappa shape index (κ1) is 21.7. The molecular weight excluding hydrogens is 380 g/mol. The van der Waals surface area contributed by atoms with Gasteiger partial charge in [-0.05, 0) is 86.4 Å². The highest BCUT2D eigenvalue weighted by atomic mass is 16.7. The fraction of sp³-hybridized carbons (Fsp3) is 0.840. The molecule has 4 aliphatic carbocycles. The Morgan fingerprint density at radius 1 is 1.17 bits per heavy atom. The molecule has 0 radical (unpaired) electrons. The lowest BCUT2D eigenvalue weighted by molar-refractivity contribution is -0.142. The number of fused-ring (bicyclic) bond motifs is 5. The highest BCUT2D eigenvalue weighted by Gasteiger charge is 2.57.